The van der Waals surface area contributed by atoms with E-state index in [1.165, 1.54) is 140 Å². The highest BCUT2D eigenvalue weighted by Crippen LogP contribution is 2.56. The summed E-state index contributed by atoms with van der Waals surface area (Å²) in [6.45, 7) is 4.67. The maximum Gasteiger partial charge on any atom is 0.0215 e. The van der Waals surface area contributed by atoms with E-state index in [-0.39, 0.29) is 5.41 Å². The second-order valence-electron chi connectivity index (χ2n) is 17.9. The van der Waals surface area contributed by atoms with Gasteiger partial charge < -0.3 is 0 Å². The molecule has 0 atom stereocenters. The van der Waals surface area contributed by atoms with Crippen molar-refractivity contribution in [1.82, 2.24) is 0 Å². The third kappa shape index (κ3) is 9.27. The average Bonchev–Trinajstić information content (AvgIpc) is 3.64. The van der Waals surface area contributed by atoms with Crippen LogP contribution in [0.4, 0.5) is 0 Å². The molecule has 1 aliphatic carbocycles. The predicted octanol–water partition coefficient (Wildman–Crippen LogP) is 17.9. The van der Waals surface area contributed by atoms with Gasteiger partial charge in [0.05, 0.1) is 0 Å². The summed E-state index contributed by atoms with van der Waals surface area (Å²) in [5, 5.41) is 0. The lowest BCUT2D eigenvalue weighted by molar-refractivity contribution is 0.401. The SMILES string of the molecule is CCCCCCC1(CCCCCC)c2cc(C(=C(c3ccccc3)c3ccccc3)c3ccccc3)ccc2-c2ccc(C(=C(c3ccccc3)c3ccccc3)c3ccccc3)cc21. The molecule has 0 saturated heterocycles. The van der Waals surface area contributed by atoms with Crippen LogP contribution in [0.25, 0.3) is 33.4 Å². The van der Waals surface area contributed by atoms with Crippen LogP contribution in [0.5, 0.6) is 0 Å². The lowest BCUT2D eigenvalue weighted by atomic mass is 9.69. The zero-order valence-electron chi connectivity index (χ0n) is 38.4. The third-order valence-corrected chi connectivity index (χ3v) is 13.7. The average molecular weight is 843 g/mol. The van der Waals surface area contributed by atoms with E-state index in [4.69, 9.17) is 0 Å². The van der Waals surface area contributed by atoms with Crippen LogP contribution in [-0.2, 0) is 5.41 Å². The van der Waals surface area contributed by atoms with Crippen LogP contribution >= 0.6 is 0 Å². The normalized spacial score (nSPS) is 12.3. The fourth-order valence-corrected chi connectivity index (χ4v) is 10.6. The molecule has 8 aromatic rings. The molecule has 0 amide bonds. The molecule has 1 aliphatic rings. The molecule has 0 heterocycles. The Morgan fingerprint density at radius 2 is 0.538 bits per heavy atom. The van der Waals surface area contributed by atoms with E-state index in [1.807, 2.05) is 0 Å². The van der Waals surface area contributed by atoms with Crippen LogP contribution in [0.1, 0.15) is 134 Å². The van der Waals surface area contributed by atoms with Crippen molar-refractivity contribution in [3.05, 3.63) is 274 Å². The molecule has 0 saturated carbocycles. The van der Waals surface area contributed by atoms with Gasteiger partial charge >= 0.3 is 0 Å². The highest BCUT2D eigenvalue weighted by molar-refractivity contribution is 6.06. The molecule has 322 valence electrons. The molecule has 0 heteroatoms. The van der Waals surface area contributed by atoms with Crippen molar-refractivity contribution < 1.29 is 0 Å². The smallest absolute Gasteiger partial charge is 0.0215 e. The lowest BCUT2D eigenvalue weighted by Gasteiger charge is -2.34. The van der Waals surface area contributed by atoms with Gasteiger partial charge in [0.15, 0.2) is 0 Å². The minimum Gasteiger partial charge on any atom is -0.0654 e. The van der Waals surface area contributed by atoms with Crippen molar-refractivity contribution in [3.63, 3.8) is 0 Å². The van der Waals surface area contributed by atoms with Crippen molar-refractivity contribution in [2.45, 2.75) is 83.5 Å². The minimum atomic E-state index is -0.138. The number of hydrogen-bond acceptors (Lipinski definition) is 0. The van der Waals surface area contributed by atoms with Gasteiger partial charge in [-0.25, -0.2) is 0 Å². The molecule has 0 aromatic heterocycles. The Hall–Kier alpha value is -6.76. The Kier molecular flexibility index (Phi) is 13.9. The van der Waals surface area contributed by atoms with Crippen LogP contribution in [0.15, 0.2) is 218 Å². The van der Waals surface area contributed by atoms with E-state index in [9.17, 15) is 0 Å². The fourth-order valence-electron chi connectivity index (χ4n) is 10.6. The van der Waals surface area contributed by atoms with Crippen LogP contribution in [0.2, 0.25) is 0 Å². The van der Waals surface area contributed by atoms with E-state index >= 15 is 0 Å². The molecular weight excluding hydrogens is 781 g/mol. The number of fused-ring (bicyclic) bond motifs is 3. The summed E-state index contributed by atoms with van der Waals surface area (Å²) in [7, 11) is 0. The van der Waals surface area contributed by atoms with E-state index in [0.717, 1.165) is 12.8 Å². The second kappa shape index (κ2) is 20.8. The van der Waals surface area contributed by atoms with Gasteiger partial charge in [0.25, 0.3) is 0 Å². The topological polar surface area (TPSA) is 0 Å². The Balaban J connectivity index is 1.32. The van der Waals surface area contributed by atoms with E-state index in [2.05, 4.69) is 232 Å². The summed E-state index contributed by atoms with van der Waals surface area (Å²) in [5.41, 5.74) is 20.7. The van der Waals surface area contributed by atoms with Gasteiger partial charge in [-0.2, -0.15) is 0 Å². The van der Waals surface area contributed by atoms with Crippen LogP contribution in [0, 0.1) is 0 Å². The zero-order chi connectivity index (χ0) is 44.3. The highest BCUT2D eigenvalue weighted by atomic mass is 14.5. The quantitative estimate of drug-likeness (QED) is 0.0596. The van der Waals surface area contributed by atoms with Gasteiger partial charge in [0.1, 0.15) is 0 Å². The monoisotopic (exact) mass is 842 g/mol. The van der Waals surface area contributed by atoms with Crippen LogP contribution in [0.3, 0.4) is 0 Å². The molecular formula is C65H62. The Morgan fingerprint density at radius 1 is 0.277 bits per heavy atom. The molecule has 65 heavy (non-hydrogen) atoms. The first-order valence-corrected chi connectivity index (χ1v) is 24.3. The molecule has 0 radical (unpaired) electrons. The first-order chi connectivity index (χ1) is 32.2. The van der Waals surface area contributed by atoms with Crippen molar-refractivity contribution >= 4 is 22.3 Å². The number of rotatable bonds is 18. The molecule has 9 rings (SSSR count). The van der Waals surface area contributed by atoms with Crippen LogP contribution in [-0.4, -0.2) is 0 Å². The molecule has 0 unspecified atom stereocenters. The van der Waals surface area contributed by atoms with Gasteiger partial charge in [0.2, 0.25) is 0 Å². The largest absolute Gasteiger partial charge is 0.0654 e. The summed E-state index contributed by atoms with van der Waals surface area (Å²) in [5.74, 6) is 0. The van der Waals surface area contributed by atoms with E-state index in [1.54, 1.807) is 0 Å². The summed E-state index contributed by atoms with van der Waals surface area (Å²) >= 11 is 0. The summed E-state index contributed by atoms with van der Waals surface area (Å²) in [6, 6.07) is 81.4. The molecule has 0 spiro atoms. The predicted molar refractivity (Wildman–Crippen MR) is 279 cm³/mol. The van der Waals surface area contributed by atoms with Crippen LogP contribution < -0.4 is 0 Å². The Labute approximate surface area is 389 Å². The van der Waals surface area contributed by atoms with Gasteiger partial charge in [-0.1, -0.05) is 271 Å². The van der Waals surface area contributed by atoms with Gasteiger partial charge in [-0.15, -0.1) is 0 Å². The Morgan fingerprint density at radius 3 is 0.800 bits per heavy atom. The van der Waals surface area contributed by atoms with Crippen molar-refractivity contribution in [3.8, 4) is 11.1 Å². The molecule has 0 bridgehead atoms. The first-order valence-electron chi connectivity index (χ1n) is 24.3. The molecule has 8 aromatic carbocycles. The van der Waals surface area contributed by atoms with Crippen molar-refractivity contribution in [2.75, 3.05) is 0 Å². The molecule has 0 fully saturated rings. The standard InChI is InChI=1S/C65H62/c1-3-5-7-27-45-65(46-28-8-6-4-2)59-47-55(63(53-37-23-13-24-38-53)61(49-29-15-9-16-30-49)50-31-17-10-18-32-50)41-43-57(59)58-44-42-56(48-60(58)65)64(54-39-25-14-26-40-54)62(51-33-19-11-20-34-51)52-35-21-12-22-36-52/h9-26,29-44,47-48H,3-8,27-28,45-46H2,1-2H3. The molecule has 0 N–H and O–H groups in total. The maximum atomic E-state index is 2.64. The molecule has 0 aliphatic heterocycles. The first kappa shape index (κ1) is 43.5. The van der Waals surface area contributed by atoms with Gasteiger partial charge in [-0.3, -0.25) is 0 Å². The Bertz CT molecular complexity index is 2550. The number of unbranched alkanes of at least 4 members (excludes halogenated alkanes) is 6. The van der Waals surface area contributed by atoms with Gasteiger partial charge in [-0.05, 0) is 114 Å². The summed E-state index contributed by atoms with van der Waals surface area (Å²) in [4.78, 5) is 0. The second-order valence-corrected chi connectivity index (χ2v) is 17.9. The van der Waals surface area contributed by atoms with Gasteiger partial charge in [0, 0.05) is 5.41 Å². The minimum absolute atomic E-state index is 0.138. The van der Waals surface area contributed by atoms with Crippen molar-refractivity contribution in [2.24, 2.45) is 0 Å². The van der Waals surface area contributed by atoms with E-state index in [0.29, 0.717) is 0 Å². The summed E-state index contributed by atoms with van der Waals surface area (Å²) < 4.78 is 0. The zero-order valence-corrected chi connectivity index (χ0v) is 38.4. The lowest BCUT2D eigenvalue weighted by Crippen LogP contribution is -2.26. The van der Waals surface area contributed by atoms with E-state index < -0.39 is 0 Å². The summed E-state index contributed by atoms with van der Waals surface area (Å²) in [6.07, 6.45) is 12.2. The fraction of sp³-hybridized carbons (Fsp3) is 0.200. The highest BCUT2D eigenvalue weighted by Gasteiger charge is 2.43. The number of hydrogen-bond donors (Lipinski definition) is 0. The number of benzene rings is 8. The molecule has 0 nitrogen and oxygen atoms in total. The van der Waals surface area contributed by atoms with Crippen molar-refractivity contribution in [1.29, 1.82) is 0 Å². The third-order valence-electron chi connectivity index (χ3n) is 13.7. The maximum absolute atomic E-state index is 2.64.